The summed E-state index contributed by atoms with van der Waals surface area (Å²) >= 11 is 0. The summed E-state index contributed by atoms with van der Waals surface area (Å²) < 4.78 is 13.0. The van der Waals surface area contributed by atoms with Gasteiger partial charge in [0.2, 0.25) is 0 Å². The van der Waals surface area contributed by atoms with E-state index in [2.05, 4.69) is 15.6 Å². The Morgan fingerprint density at radius 3 is 2.68 bits per heavy atom. The first-order valence-corrected chi connectivity index (χ1v) is 10.5. The van der Waals surface area contributed by atoms with Crippen LogP contribution in [0.4, 0.5) is 0 Å². The molecule has 0 bridgehead atoms. The number of carbonyl (C=O) groups is 1. The first-order chi connectivity index (χ1) is 15.2. The number of aromatic nitrogens is 3. The molecule has 1 aromatic carbocycles. The minimum Gasteiger partial charge on any atom is -0.453 e. The van der Waals surface area contributed by atoms with Gasteiger partial charge < -0.3 is 18.6 Å². The van der Waals surface area contributed by atoms with E-state index in [1.807, 2.05) is 41.3 Å². The smallest absolute Gasteiger partial charge is 0.289 e. The fraction of sp³-hybridized carbons (Fsp3) is 0.292. The van der Waals surface area contributed by atoms with E-state index in [0.717, 1.165) is 35.4 Å². The third-order valence-electron chi connectivity index (χ3n) is 5.77. The van der Waals surface area contributed by atoms with Gasteiger partial charge in [-0.2, -0.15) is 0 Å². The summed E-state index contributed by atoms with van der Waals surface area (Å²) in [5.74, 6) is 1.83. The highest BCUT2D eigenvalue weighted by Crippen LogP contribution is 2.33. The number of rotatable bonds is 5. The van der Waals surface area contributed by atoms with Crippen LogP contribution in [-0.2, 0) is 11.3 Å². The number of imidazole rings is 1. The van der Waals surface area contributed by atoms with Crippen molar-refractivity contribution in [3.63, 3.8) is 0 Å². The molecular weight excluding hydrogens is 392 g/mol. The topological polar surface area (TPSA) is 73.4 Å². The minimum atomic E-state index is -0.0683. The quantitative estimate of drug-likeness (QED) is 0.485. The van der Waals surface area contributed by atoms with Crippen LogP contribution in [0.5, 0.6) is 0 Å². The van der Waals surface area contributed by atoms with Crippen molar-refractivity contribution in [3.8, 4) is 11.5 Å². The van der Waals surface area contributed by atoms with Crippen molar-refractivity contribution < 1.29 is 13.9 Å². The zero-order valence-corrected chi connectivity index (χ0v) is 17.4. The molecule has 4 aromatic rings. The lowest BCUT2D eigenvalue weighted by Crippen LogP contribution is -2.39. The molecule has 1 aliphatic rings. The Morgan fingerprint density at radius 1 is 1.10 bits per heavy atom. The number of ether oxygens (including phenoxy) is 1. The van der Waals surface area contributed by atoms with E-state index in [0.29, 0.717) is 31.2 Å². The van der Waals surface area contributed by atoms with Crippen LogP contribution in [-0.4, -0.2) is 45.5 Å². The molecule has 1 amide bonds. The Hall–Kier alpha value is -3.45. The van der Waals surface area contributed by atoms with Gasteiger partial charge in [-0.3, -0.25) is 9.78 Å². The Bertz CT molecular complexity index is 1190. The molecule has 158 valence electrons. The summed E-state index contributed by atoms with van der Waals surface area (Å²) in [6.07, 6.45) is 3.48. The van der Waals surface area contributed by atoms with Crippen molar-refractivity contribution in [2.75, 3.05) is 20.2 Å². The molecule has 1 aliphatic heterocycles. The van der Waals surface area contributed by atoms with E-state index >= 15 is 0 Å². The molecule has 5 rings (SSSR count). The molecule has 0 saturated carbocycles. The van der Waals surface area contributed by atoms with Gasteiger partial charge in [-0.1, -0.05) is 18.2 Å². The highest BCUT2D eigenvalue weighted by Gasteiger charge is 2.29. The summed E-state index contributed by atoms with van der Waals surface area (Å²) in [5, 5.41) is 0. The van der Waals surface area contributed by atoms with Gasteiger partial charge in [0.25, 0.3) is 5.91 Å². The SMILES string of the molecule is COCc1ccc(C(=O)N2CCC(n3c(-c4ccccn4)nc4ccccc43)CC2)o1. The van der Waals surface area contributed by atoms with Gasteiger partial charge in [-0.05, 0) is 49.2 Å². The third-order valence-corrected chi connectivity index (χ3v) is 5.77. The van der Waals surface area contributed by atoms with Crippen molar-refractivity contribution in [1.82, 2.24) is 19.4 Å². The molecule has 0 aliphatic carbocycles. The molecule has 1 saturated heterocycles. The van der Waals surface area contributed by atoms with Crippen LogP contribution >= 0.6 is 0 Å². The number of fused-ring (bicyclic) bond motifs is 1. The second-order valence-corrected chi connectivity index (χ2v) is 7.73. The van der Waals surface area contributed by atoms with Gasteiger partial charge >= 0.3 is 0 Å². The van der Waals surface area contributed by atoms with Gasteiger partial charge in [0.1, 0.15) is 18.1 Å². The number of methoxy groups -OCH3 is 1. The normalized spacial score (nSPS) is 14.9. The molecule has 7 heteroatoms. The molecule has 7 nitrogen and oxygen atoms in total. The molecule has 4 heterocycles. The van der Waals surface area contributed by atoms with Gasteiger partial charge in [-0.25, -0.2) is 4.98 Å². The minimum absolute atomic E-state index is 0.0683. The molecule has 3 aromatic heterocycles. The van der Waals surface area contributed by atoms with Crippen molar-refractivity contribution in [2.45, 2.75) is 25.5 Å². The highest BCUT2D eigenvalue weighted by atomic mass is 16.5. The molecule has 1 fully saturated rings. The zero-order valence-electron chi connectivity index (χ0n) is 17.4. The Kier molecular flexibility index (Phi) is 5.26. The van der Waals surface area contributed by atoms with Crippen LogP contribution in [0.2, 0.25) is 0 Å². The average Bonchev–Trinajstić information content (AvgIpc) is 3.44. The van der Waals surface area contributed by atoms with E-state index in [9.17, 15) is 4.79 Å². The number of piperidine rings is 1. The van der Waals surface area contributed by atoms with Crippen molar-refractivity contribution >= 4 is 16.9 Å². The molecule has 0 unspecified atom stereocenters. The lowest BCUT2D eigenvalue weighted by atomic mass is 10.0. The molecular formula is C24H24N4O3. The summed E-state index contributed by atoms with van der Waals surface area (Å²) in [6, 6.07) is 17.8. The number of para-hydroxylation sites is 2. The Balaban J connectivity index is 1.38. The second-order valence-electron chi connectivity index (χ2n) is 7.73. The van der Waals surface area contributed by atoms with Gasteiger partial charge in [0, 0.05) is 32.4 Å². The van der Waals surface area contributed by atoms with Crippen LogP contribution < -0.4 is 0 Å². The monoisotopic (exact) mass is 416 g/mol. The number of hydrogen-bond acceptors (Lipinski definition) is 5. The number of pyridine rings is 1. The predicted molar refractivity (Wildman–Crippen MR) is 117 cm³/mol. The van der Waals surface area contributed by atoms with E-state index in [4.69, 9.17) is 14.1 Å². The average molecular weight is 416 g/mol. The van der Waals surface area contributed by atoms with E-state index < -0.39 is 0 Å². The van der Waals surface area contributed by atoms with Crippen LogP contribution in [0.1, 0.15) is 35.2 Å². The lowest BCUT2D eigenvalue weighted by molar-refractivity contribution is 0.0657. The predicted octanol–water partition coefficient (Wildman–Crippen LogP) is 4.32. The molecule has 0 radical (unpaired) electrons. The van der Waals surface area contributed by atoms with Crippen LogP contribution in [0.25, 0.3) is 22.6 Å². The Morgan fingerprint density at radius 2 is 1.90 bits per heavy atom. The summed E-state index contributed by atoms with van der Waals surface area (Å²) in [5.41, 5.74) is 2.92. The highest BCUT2D eigenvalue weighted by molar-refractivity contribution is 5.91. The zero-order chi connectivity index (χ0) is 21.2. The first kappa shape index (κ1) is 19.5. The van der Waals surface area contributed by atoms with E-state index in [1.54, 1.807) is 25.4 Å². The number of carbonyl (C=O) groups excluding carboxylic acids is 1. The van der Waals surface area contributed by atoms with Gasteiger partial charge in [-0.15, -0.1) is 0 Å². The molecule has 0 N–H and O–H groups in total. The number of furan rings is 1. The first-order valence-electron chi connectivity index (χ1n) is 10.5. The maximum absolute atomic E-state index is 12.9. The number of benzene rings is 1. The maximum atomic E-state index is 12.9. The lowest BCUT2D eigenvalue weighted by Gasteiger charge is -2.33. The largest absolute Gasteiger partial charge is 0.453 e. The summed E-state index contributed by atoms with van der Waals surface area (Å²) in [6.45, 7) is 1.69. The molecule has 0 spiro atoms. The molecule has 31 heavy (non-hydrogen) atoms. The Labute approximate surface area is 180 Å². The summed E-state index contributed by atoms with van der Waals surface area (Å²) in [7, 11) is 1.60. The molecule has 0 atom stereocenters. The van der Waals surface area contributed by atoms with Crippen molar-refractivity contribution in [2.24, 2.45) is 0 Å². The van der Waals surface area contributed by atoms with Crippen molar-refractivity contribution in [3.05, 3.63) is 72.3 Å². The van der Waals surface area contributed by atoms with Gasteiger partial charge in [0.05, 0.1) is 11.0 Å². The number of likely N-dealkylation sites (tertiary alicyclic amines) is 1. The second kappa shape index (κ2) is 8.35. The van der Waals surface area contributed by atoms with Crippen LogP contribution in [0.15, 0.2) is 65.2 Å². The van der Waals surface area contributed by atoms with E-state index in [-0.39, 0.29) is 11.9 Å². The number of amides is 1. The van der Waals surface area contributed by atoms with Gasteiger partial charge in [0.15, 0.2) is 11.6 Å². The fourth-order valence-electron chi connectivity index (χ4n) is 4.29. The maximum Gasteiger partial charge on any atom is 0.289 e. The standard InChI is InChI=1S/C24H24N4O3/c1-30-16-18-9-10-22(31-18)24(29)27-14-11-17(12-15-27)28-21-8-3-2-6-19(21)26-23(28)20-7-4-5-13-25-20/h2-10,13,17H,11-12,14-16H2,1H3. The fourth-order valence-corrected chi connectivity index (χ4v) is 4.29. The summed E-state index contributed by atoms with van der Waals surface area (Å²) in [4.78, 5) is 24.1. The van der Waals surface area contributed by atoms with Crippen molar-refractivity contribution in [1.29, 1.82) is 0 Å². The third kappa shape index (κ3) is 3.72. The van der Waals surface area contributed by atoms with E-state index in [1.165, 1.54) is 0 Å². The number of nitrogens with zero attached hydrogens (tertiary/aromatic N) is 4. The van der Waals surface area contributed by atoms with Crippen LogP contribution in [0.3, 0.4) is 0 Å². The number of hydrogen-bond donors (Lipinski definition) is 0. The van der Waals surface area contributed by atoms with Crippen LogP contribution in [0, 0.1) is 0 Å².